The largest absolute Gasteiger partial charge is 0.395 e. The summed E-state index contributed by atoms with van der Waals surface area (Å²) in [4.78, 5) is 9.61. The molecule has 0 amide bonds. The first-order valence-electron chi connectivity index (χ1n) is 5.24. The number of halogens is 1. The normalized spacial score (nSPS) is 13.5. The van der Waals surface area contributed by atoms with Crippen molar-refractivity contribution >= 4 is 27.3 Å². The molecular weight excluding hydrogens is 296 g/mol. The number of sulfonamides is 1. The van der Waals surface area contributed by atoms with Gasteiger partial charge in [0, 0.05) is 25.2 Å². The monoisotopic (exact) mass is 308 g/mol. The second-order valence-electron chi connectivity index (χ2n) is 3.92. The number of hydrogen-bond acceptors (Lipinski definition) is 5. The van der Waals surface area contributed by atoms with Crippen LogP contribution in [0.5, 0.6) is 0 Å². The number of aliphatic hydroxyl groups excluding tert-OH is 1. The third kappa shape index (κ3) is 3.21. The van der Waals surface area contributed by atoms with E-state index in [1.807, 2.05) is 0 Å². The van der Waals surface area contributed by atoms with Crippen molar-refractivity contribution in [3.63, 3.8) is 0 Å². The summed E-state index contributed by atoms with van der Waals surface area (Å²) in [6.07, 6.45) is 0. The third-order valence-corrected chi connectivity index (χ3v) is 5.12. The van der Waals surface area contributed by atoms with Gasteiger partial charge >= 0.3 is 0 Å². The van der Waals surface area contributed by atoms with Crippen molar-refractivity contribution in [3.8, 4) is 0 Å². The molecule has 0 aliphatic heterocycles. The second kappa shape index (κ2) is 5.83. The summed E-state index contributed by atoms with van der Waals surface area (Å²) in [7, 11) is -2.73. The predicted octanol–water partition coefficient (Wildman–Crippen LogP) is 1.25. The molecule has 106 valence electrons. The van der Waals surface area contributed by atoms with Crippen molar-refractivity contribution in [1.29, 1.82) is 0 Å². The molecule has 0 aliphatic rings. The number of nitrogens with zero attached hydrogens (tertiary/aromatic N) is 2. The zero-order valence-corrected chi connectivity index (χ0v) is 11.8. The summed E-state index contributed by atoms with van der Waals surface area (Å²) in [6, 6.07) is 2.51. The molecule has 7 nitrogen and oxygen atoms in total. The van der Waals surface area contributed by atoms with Crippen molar-refractivity contribution in [2.75, 3.05) is 13.7 Å². The molecule has 1 N–H and O–H groups in total. The van der Waals surface area contributed by atoms with Crippen molar-refractivity contribution < 1.29 is 18.4 Å². The third-order valence-electron chi connectivity index (χ3n) is 2.67. The van der Waals surface area contributed by atoms with Crippen LogP contribution >= 0.6 is 11.6 Å². The van der Waals surface area contributed by atoms with Crippen molar-refractivity contribution in [2.45, 2.75) is 17.9 Å². The number of benzene rings is 1. The van der Waals surface area contributed by atoms with E-state index in [1.165, 1.54) is 14.0 Å². The number of rotatable bonds is 5. The maximum Gasteiger partial charge on any atom is 0.270 e. The number of hydrogen-bond donors (Lipinski definition) is 1. The highest BCUT2D eigenvalue weighted by Gasteiger charge is 2.28. The van der Waals surface area contributed by atoms with Crippen LogP contribution in [0, 0.1) is 10.1 Å². The molecule has 0 saturated carbocycles. The Kier molecular flexibility index (Phi) is 4.86. The van der Waals surface area contributed by atoms with Crippen molar-refractivity contribution in [2.24, 2.45) is 0 Å². The number of nitro benzene ring substituents is 1. The Balaban J connectivity index is 3.36. The van der Waals surface area contributed by atoms with E-state index in [9.17, 15) is 18.5 Å². The Bertz CT molecular complexity index is 590. The standard InChI is InChI=1S/C10H13ClN2O5S/c1-7(6-14)12(2)19(17,18)10-5-8(13(15)16)3-4-9(10)11/h3-5,7,14H,6H2,1-2H3. The summed E-state index contributed by atoms with van der Waals surface area (Å²) >= 11 is 5.79. The topological polar surface area (TPSA) is 101 Å². The van der Waals surface area contributed by atoms with Gasteiger partial charge in [-0.1, -0.05) is 11.6 Å². The highest BCUT2D eigenvalue weighted by molar-refractivity contribution is 7.89. The average Bonchev–Trinajstić information content (AvgIpc) is 2.36. The van der Waals surface area contributed by atoms with Gasteiger partial charge in [0.05, 0.1) is 16.6 Å². The van der Waals surface area contributed by atoms with E-state index in [1.54, 1.807) is 0 Å². The first-order chi connectivity index (χ1) is 8.71. The maximum absolute atomic E-state index is 12.2. The van der Waals surface area contributed by atoms with E-state index in [4.69, 9.17) is 16.7 Å². The van der Waals surface area contributed by atoms with Gasteiger partial charge in [-0.25, -0.2) is 8.42 Å². The minimum absolute atomic E-state index is 0.109. The molecule has 9 heteroatoms. The molecule has 1 aromatic carbocycles. The zero-order chi connectivity index (χ0) is 14.8. The van der Waals surface area contributed by atoms with Crippen LogP contribution in [-0.4, -0.2) is 42.4 Å². The van der Waals surface area contributed by atoms with Crippen LogP contribution < -0.4 is 0 Å². The van der Waals surface area contributed by atoms with Crippen LogP contribution in [-0.2, 0) is 10.0 Å². The minimum Gasteiger partial charge on any atom is -0.395 e. The fourth-order valence-electron chi connectivity index (χ4n) is 1.31. The van der Waals surface area contributed by atoms with Gasteiger partial charge in [0.2, 0.25) is 10.0 Å². The molecule has 0 fully saturated rings. The fourth-order valence-corrected chi connectivity index (χ4v) is 3.16. The Morgan fingerprint density at radius 1 is 1.53 bits per heavy atom. The summed E-state index contributed by atoms with van der Waals surface area (Å²) in [5.41, 5.74) is -0.368. The van der Waals surface area contributed by atoms with Crippen molar-refractivity contribution in [1.82, 2.24) is 4.31 Å². The average molecular weight is 309 g/mol. The van der Waals surface area contributed by atoms with Crippen molar-refractivity contribution in [3.05, 3.63) is 33.3 Å². The SMILES string of the molecule is CC(CO)N(C)S(=O)(=O)c1cc([N+](=O)[O-])ccc1Cl. The summed E-state index contributed by atoms with van der Waals surface area (Å²) in [5, 5.41) is 19.5. The smallest absolute Gasteiger partial charge is 0.270 e. The quantitative estimate of drug-likeness (QED) is 0.651. The molecule has 1 atom stereocenters. The van der Waals surface area contributed by atoms with Gasteiger partial charge in [0.1, 0.15) is 4.90 Å². The van der Waals surface area contributed by atoms with Crippen LogP contribution in [0.4, 0.5) is 5.69 Å². The summed E-state index contributed by atoms with van der Waals surface area (Å²) < 4.78 is 25.4. The molecule has 0 spiro atoms. The highest BCUT2D eigenvalue weighted by Crippen LogP contribution is 2.28. The lowest BCUT2D eigenvalue weighted by Gasteiger charge is -2.22. The molecule has 19 heavy (non-hydrogen) atoms. The zero-order valence-electron chi connectivity index (χ0n) is 10.3. The molecule has 0 aliphatic carbocycles. The molecule has 0 heterocycles. The lowest BCUT2D eigenvalue weighted by atomic mass is 10.3. The maximum atomic E-state index is 12.2. The molecule has 0 bridgehead atoms. The van der Waals surface area contributed by atoms with E-state index < -0.39 is 21.0 Å². The molecule has 0 radical (unpaired) electrons. The van der Waals surface area contributed by atoms with E-state index >= 15 is 0 Å². The summed E-state index contributed by atoms with van der Waals surface area (Å²) in [6.45, 7) is 1.13. The Hall–Kier alpha value is -1.22. The lowest BCUT2D eigenvalue weighted by Crippen LogP contribution is -2.37. The molecule has 0 saturated heterocycles. The van der Waals surface area contributed by atoms with Crippen LogP contribution in [0.2, 0.25) is 5.02 Å². The molecule has 0 aromatic heterocycles. The Morgan fingerprint density at radius 3 is 2.58 bits per heavy atom. The van der Waals surface area contributed by atoms with E-state index in [2.05, 4.69) is 0 Å². The highest BCUT2D eigenvalue weighted by atomic mass is 35.5. The molecule has 1 rings (SSSR count). The number of non-ortho nitro benzene ring substituents is 1. The van der Waals surface area contributed by atoms with E-state index in [0.717, 1.165) is 22.5 Å². The number of nitro groups is 1. The van der Waals surface area contributed by atoms with Crippen LogP contribution in [0.3, 0.4) is 0 Å². The second-order valence-corrected chi connectivity index (χ2v) is 6.30. The number of likely N-dealkylation sites (N-methyl/N-ethyl adjacent to an activating group) is 1. The first-order valence-corrected chi connectivity index (χ1v) is 7.06. The first kappa shape index (κ1) is 15.8. The van der Waals surface area contributed by atoms with Gasteiger partial charge in [0.15, 0.2) is 0 Å². The molecule has 1 aromatic rings. The van der Waals surface area contributed by atoms with Gasteiger partial charge in [-0.2, -0.15) is 4.31 Å². The van der Waals surface area contributed by atoms with E-state index in [-0.39, 0.29) is 22.2 Å². The fraction of sp³-hybridized carbons (Fsp3) is 0.400. The van der Waals surface area contributed by atoms with Crippen LogP contribution in [0.15, 0.2) is 23.1 Å². The lowest BCUT2D eigenvalue weighted by molar-refractivity contribution is -0.385. The Labute approximate surface area is 115 Å². The van der Waals surface area contributed by atoms with Gasteiger partial charge in [-0.3, -0.25) is 10.1 Å². The summed E-state index contributed by atoms with van der Waals surface area (Å²) in [5.74, 6) is 0. The van der Waals surface area contributed by atoms with Crippen LogP contribution in [0.25, 0.3) is 0 Å². The molecule has 1 unspecified atom stereocenters. The Morgan fingerprint density at radius 2 is 2.11 bits per heavy atom. The van der Waals surface area contributed by atoms with Gasteiger partial charge in [-0.05, 0) is 13.0 Å². The van der Waals surface area contributed by atoms with Gasteiger partial charge in [-0.15, -0.1) is 0 Å². The predicted molar refractivity (Wildman–Crippen MR) is 69.6 cm³/mol. The number of aliphatic hydroxyl groups is 1. The van der Waals surface area contributed by atoms with Crippen LogP contribution in [0.1, 0.15) is 6.92 Å². The van der Waals surface area contributed by atoms with Gasteiger partial charge in [0.25, 0.3) is 5.69 Å². The minimum atomic E-state index is -4.00. The van der Waals surface area contributed by atoms with Gasteiger partial charge < -0.3 is 5.11 Å². The van der Waals surface area contributed by atoms with E-state index in [0.29, 0.717) is 0 Å². The molecular formula is C10H13ClN2O5S.